The number of hydrogen-bond donors (Lipinski definition) is 0. The Hall–Kier alpha value is -8.76. The van der Waals surface area contributed by atoms with E-state index in [4.69, 9.17) is 0 Å². The summed E-state index contributed by atoms with van der Waals surface area (Å²) in [5, 5.41) is 10.8. The summed E-state index contributed by atoms with van der Waals surface area (Å²) in [7, 11) is -2.94. The predicted octanol–water partition coefficient (Wildman–Crippen LogP) is 15.5. The number of rotatable bonds is 5. The van der Waals surface area contributed by atoms with Crippen LogP contribution in [-0.4, -0.2) is 17.2 Å². The fourth-order valence-electron chi connectivity index (χ4n) is 14.6. The van der Waals surface area contributed by atoms with E-state index in [0.29, 0.717) is 0 Å². The van der Waals surface area contributed by atoms with Crippen molar-refractivity contribution >= 4 is 72.4 Å². The molecule has 0 bridgehead atoms. The van der Waals surface area contributed by atoms with Gasteiger partial charge in [-0.15, -0.1) is 0 Å². The highest BCUT2D eigenvalue weighted by molar-refractivity contribution is 7.22. The SMILES string of the molecule is CC1(C)c2ccccc2-c2cc3c(cc21)c1ccc(-c2cccc([Si]4(c5ccccc5)c5ccccc5-c5cc6c(cc54)c4ccccc4n6-c4ccccc4)c2)cc1n3-c1cccc2c1-c1ccccc1C2(C)C. The molecule has 16 rings (SSSR count). The van der Waals surface area contributed by atoms with E-state index in [1.807, 2.05) is 0 Å². The van der Waals surface area contributed by atoms with Gasteiger partial charge in [0, 0.05) is 43.6 Å². The summed E-state index contributed by atoms with van der Waals surface area (Å²) in [5.74, 6) is 0. The van der Waals surface area contributed by atoms with Gasteiger partial charge in [-0.2, -0.15) is 0 Å². The van der Waals surface area contributed by atoms with Crippen molar-refractivity contribution in [1.29, 1.82) is 0 Å². The van der Waals surface area contributed by atoms with E-state index >= 15 is 0 Å². The van der Waals surface area contributed by atoms with Gasteiger partial charge < -0.3 is 9.13 Å². The summed E-state index contributed by atoms with van der Waals surface area (Å²) in [6.07, 6.45) is 0. The molecule has 0 N–H and O–H groups in total. The van der Waals surface area contributed by atoms with Crippen LogP contribution in [0.25, 0.3) is 99.5 Å². The molecular weight excluding hydrogens is 921 g/mol. The molecule has 1 aliphatic heterocycles. The Balaban J connectivity index is 0.957. The number of fused-ring (bicyclic) bond motifs is 15. The lowest BCUT2D eigenvalue weighted by molar-refractivity contribution is 0.660. The van der Waals surface area contributed by atoms with Crippen molar-refractivity contribution in [2.24, 2.45) is 0 Å². The Bertz CT molecular complexity index is 4590. The maximum Gasteiger partial charge on any atom is 0.180 e. The van der Waals surface area contributed by atoms with E-state index in [2.05, 4.69) is 279 Å². The highest BCUT2D eigenvalue weighted by Crippen LogP contribution is 2.54. The Morgan fingerprint density at radius 1 is 0.307 bits per heavy atom. The van der Waals surface area contributed by atoms with Crippen LogP contribution in [0.1, 0.15) is 49.9 Å². The van der Waals surface area contributed by atoms with Gasteiger partial charge in [-0.3, -0.25) is 0 Å². The van der Waals surface area contributed by atoms with Crippen LogP contribution in [-0.2, 0) is 10.8 Å². The molecule has 1 unspecified atom stereocenters. The van der Waals surface area contributed by atoms with Gasteiger partial charge >= 0.3 is 0 Å². The Morgan fingerprint density at radius 3 is 1.71 bits per heavy atom. The molecule has 13 aromatic rings. The zero-order valence-corrected chi connectivity index (χ0v) is 43.5. The van der Waals surface area contributed by atoms with Crippen LogP contribution in [0.2, 0.25) is 0 Å². The monoisotopic (exact) mass is 972 g/mol. The molecule has 1 atom stereocenters. The van der Waals surface area contributed by atoms with Crippen LogP contribution in [0.3, 0.4) is 0 Å². The molecule has 0 saturated heterocycles. The third-order valence-corrected chi connectivity index (χ3v) is 22.8. The Morgan fingerprint density at radius 2 is 0.880 bits per heavy atom. The lowest BCUT2D eigenvalue weighted by Crippen LogP contribution is -2.72. The van der Waals surface area contributed by atoms with E-state index in [1.165, 1.54) is 142 Å². The van der Waals surface area contributed by atoms with Crippen molar-refractivity contribution in [3.05, 3.63) is 265 Å². The van der Waals surface area contributed by atoms with E-state index in [0.717, 1.165) is 0 Å². The summed E-state index contributed by atoms with van der Waals surface area (Å²) in [5.41, 5.74) is 23.1. The molecule has 0 radical (unpaired) electrons. The van der Waals surface area contributed by atoms with Crippen LogP contribution < -0.4 is 20.7 Å². The van der Waals surface area contributed by atoms with Gasteiger partial charge in [-0.1, -0.05) is 222 Å². The van der Waals surface area contributed by atoms with Crippen molar-refractivity contribution < 1.29 is 0 Å². The van der Waals surface area contributed by atoms with Crippen LogP contribution in [0.4, 0.5) is 0 Å². The minimum absolute atomic E-state index is 0.118. The molecule has 2 nitrogen and oxygen atoms in total. The third kappa shape index (κ3) is 5.58. The first-order chi connectivity index (χ1) is 36.7. The largest absolute Gasteiger partial charge is 0.309 e. The molecule has 0 fully saturated rings. The second-order valence-corrected chi connectivity index (χ2v) is 26.1. The molecule has 11 aromatic carbocycles. The van der Waals surface area contributed by atoms with E-state index in [9.17, 15) is 0 Å². The van der Waals surface area contributed by atoms with Crippen molar-refractivity contribution in [1.82, 2.24) is 9.13 Å². The summed E-state index contributed by atoms with van der Waals surface area (Å²) in [4.78, 5) is 0. The van der Waals surface area contributed by atoms with Crippen LogP contribution in [0, 0.1) is 0 Å². The topological polar surface area (TPSA) is 9.86 Å². The quantitative estimate of drug-likeness (QED) is 0.152. The highest BCUT2D eigenvalue weighted by atomic mass is 28.3. The number of aromatic nitrogens is 2. The fourth-order valence-corrected chi connectivity index (χ4v) is 19.8. The second-order valence-electron chi connectivity index (χ2n) is 22.4. The smallest absolute Gasteiger partial charge is 0.180 e. The lowest BCUT2D eigenvalue weighted by atomic mass is 9.82. The van der Waals surface area contributed by atoms with Crippen molar-refractivity contribution in [2.45, 2.75) is 38.5 Å². The molecule has 3 aliphatic rings. The molecule has 354 valence electrons. The zero-order chi connectivity index (χ0) is 50.0. The first-order valence-corrected chi connectivity index (χ1v) is 28.6. The van der Waals surface area contributed by atoms with E-state index in [-0.39, 0.29) is 10.8 Å². The average molecular weight is 973 g/mol. The number of nitrogens with zero attached hydrogens (tertiary/aromatic N) is 2. The highest BCUT2D eigenvalue weighted by Gasteiger charge is 2.49. The molecule has 2 aromatic heterocycles. The summed E-state index contributed by atoms with van der Waals surface area (Å²) >= 11 is 0. The van der Waals surface area contributed by atoms with Crippen LogP contribution >= 0.6 is 0 Å². The van der Waals surface area contributed by atoms with Gasteiger partial charge in [0.25, 0.3) is 0 Å². The molecule has 0 spiro atoms. The van der Waals surface area contributed by atoms with Crippen molar-refractivity contribution in [3.8, 4) is 55.9 Å². The normalized spacial score (nSPS) is 16.3. The van der Waals surface area contributed by atoms with Gasteiger partial charge in [0.15, 0.2) is 8.07 Å². The molecule has 3 heterocycles. The predicted molar refractivity (Wildman–Crippen MR) is 318 cm³/mol. The molecule has 3 heteroatoms. The molecule has 2 aliphatic carbocycles. The molecule has 75 heavy (non-hydrogen) atoms. The summed E-state index contributed by atoms with van der Waals surface area (Å²) in [6.45, 7) is 9.58. The second kappa shape index (κ2) is 15.2. The maximum atomic E-state index is 2.62. The van der Waals surface area contributed by atoms with Crippen LogP contribution in [0.15, 0.2) is 243 Å². The lowest BCUT2D eigenvalue weighted by Gasteiger charge is -2.31. The van der Waals surface area contributed by atoms with Gasteiger partial charge in [0.05, 0.1) is 27.8 Å². The molecular formula is C72H52N2Si. The van der Waals surface area contributed by atoms with E-state index < -0.39 is 8.07 Å². The number of hydrogen-bond acceptors (Lipinski definition) is 0. The first kappa shape index (κ1) is 42.7. The summed E-state index contributed by atoms with van der Waals surface area (Å²) in [6, 6.07) is 92.9. The van der Waals surface area contributed by atoms with Gasteiger partial charge in [-0.25, -0.2) is 0 Å². The van der Waals surface area contributed by atoms with Gasteiger partial charge in [0.2, 0.25) is 0 Å². The van der Waals surface area contributed by atoms with Crippen LogP contribution in [0.5, 0.6) is 0 Å². The molecule has 0 saturated carbocycles. The van der Waals surface area contributed by atoms with Crippen molar-refractivity contribution in [2.75, 3.05) is 0 Å². The third-order valence-electron chi connectivity index (χ3n) is 18.0. The maximum absolute atomic E-state index is 2.94. The summed E-state index contributed by atoms with van der Waals surface area (Å²) < 4.78 is 5.08. The molecule has 0 amide bonds. The fraction of sp³-hybridized carbons (Fsp3) is 0.0833. The average Bonchev–Trinajstić information content (AvgIpc) is 4.24. The van der Waals surface area contributed by atoms with E-state index in [1.54, 1.807) is 0 Å². The minimum Gasteiger partial charge on any atom is -0.309 e. The van der Waals surface area contributed by atoms with Gasteiger partial charge in [0.1, 0.15) is 0 Å². The standard InChI is InChI=1S/C72H52N2Si/c1-71(2)60-32-16-12-30-54(60)70-61(71)33-20-35-64(70)74-65-40-46(37-38-52(65)56-41-62-55(42-67(56)74)50-27-11-15-31-59(50)72(62,3)4)45-21-19-26-49(39-45)75(48-24-9-6-10-25-48)68-36-18-14-29-53(68)58-43-66-57(44-69(58)75)51-28-13-17-34-63(51)73(66)47-22-7-5-8-23-47/h5-44H,1-4H3. The number of para-hydroxylation sites is 2. The van der Waals surface area contributed by atoms with Gasteiger partial charge in [-0.05, 0) is 130 Å². The number of benzene rings is 11. The Labute approximate surface area is 438 Å². The minimum atomic E-state index is -2.94. The first-order valence-electron chi connectivity index (χ1n) is 26.6. The van der Waals surface area contributed by atoms with Crippen molar-refractivity contribution in [3.63, 3.8) is 0 Å². The zero-order valence-electron chi connectivity index (χ0n) is 42.5. The Kier molecular flexibility index (Phi) is 8.64.